The summed E-state index contributed by atoms with van der Waals surface area (Å²) in [7, 11) is 4.41. The first-order valence-electron chi connectivity index (χ1n) is 16.1. The number of nitrogens with zero attached hydrogens (tertiary/aromatic N) is 2. The monoisotopic (exact) mass is 659 g/mol. The summed E-state index contributed by atoms with van der Waals surface area (Å²) in [5.74, 6) is 0.431. The zero-order valence-corrected chi connectivity index (χ0v) is 28.8. The van der Waals surface area contributed by atoms with Gasteiger partial charge in [-0.2, -0.15) is 0 Å². The third-order valence-corrected chi connectivity index (χ3v) is 8.93. The molecule has 0 fully saturated rings. The van der Waals surface area contributed by atoms with Crippen molar-refractivity contribution >= 4 is 34.4 Å². The van der Waals surface area contributed by atoms with E-state index in [1.165, 1.54) is 14.2 Å². The molecule has 2 N–H and O–H groups in total. The van der Waals surface area contributed by atoms with Gasteiger partial charge < -0.3 is 38.8 Å². The van der Waals surface area contributed by atoms with E-state index in [-0.39, 0.29) is 24.7 Å². The number of ketones is 1. The SMILES string of the molecule is CCN(CCc1cc2cc3c(cc2[nH]1)CCC(=O)C1=C3N(CO)C(Cc2ccc(OC)cc2OC)(C(=O)OC)C=C1)C(=O)OC(C)(C)C. The average Bonchev–Trinajstić information content (AvgIpc) is 3.41. The maximum atomic E-state index is 13.8. The predicted octanol–water partition coefficient (Wildman–Crippen LogP) is 5.19. The molecular formula is C37H45N3O8. The molecule has 1 atom stereocenters. The molecule has 3 aromatic rings. The Morgan fingerprint density at radius 1 is 1.06 bits per heavy atom. The van der Waals surface area contributed by atoms with Crippen molar-refractivity contribution in [1.82, 2.24) is 14.8 Å². The van der Waals surface area contributed by atoms with Crippen molar-refractivity contribution in [1.29, 1.82) is 0 Å². The number of aromatic amines is 1. The van der Waals surface area contributed by atoms with E-state index in [1.807, 2.05) is 52.0 Å². The Morgan fingerprint density at radius 3 is 2.48 bits per heavy atom. The van der Waals surface area contributed by atoms with Crippen molar-refractivity contribution in [3.8, 4) is 11.5 Å². The molecule has 2 aromatic carbocycles. The lowest BCUT2D eigenvalue weighted by Crippen LogP contribution is -2.56. The van der Waals surface area contributed by atoms with Crippen LogP contribution in [0.2, 0.25) is 0 Å². The molecule has 2 aliphatic rings. The van der Waals surface area contributed by atoms with Crippen molar-refractivity contribution in [3.63, 3.8) is 0 Å². The first-order valence-corrected chi connectivity index (χ1v) is 16.1. The zero-order valence-electron chi connectivity index (χ0n) is 28.8. The second kappa shape index (κ2) is 13.8. The van der Waals surface area contributed by atoms with Crippen LogP contribution in [-0.4, -0.2) is 90.0 Å². The molecule has 0 radical (unpaired) electrons. The van der Waals surface area contributed by atoms with Crippen LogP contribution in [0, 0.1) is 0 Å². The number of rotatable bonds is 10. The van der Waals surface area contributed by atoms with Crippen molar-refractivity contribution < 1.29 is 38.4 Å². The highest BCUT2D eigenvalue weighted by molar-refractivity contribution is 6.08. The minimum Gasteiger partial charge on any atom is -0.497 e. The summed E-state index contributed by atoms with van der Waals surface area (Å²) in [5, 5.41) is 11.9. The minimum absolute atomic E-state index is 0.0810. The lowest BCUT2D eigenvalue weighted by atomic mass is 9.82. The maximum absolute atomic E-state index is 13.8. The molecule has 1 unspecified atom stereocenters. The van der Waals surface area contributed by atoms with Gasteiger partial charge in [0.1, 0.15) is 23.8 Å². The van der Waals surface area contributed by atoms with Crippen LogP contribution in [0.3, 0.4) is 0 Å². The molecular weight excluding hydrogens is 614 g/mol. The van der Waals surface area contributed by atoms with Crippen LogP contribution in [0.5, 0.6) is 11.5 Å². The number of carbonyl (C=O) groups is 3. The number of amides is 1. The van der Waals surface area contributed by atoms with E-state index in [4.69, 9.17) is 18.9 Å². The van der Waals surface area contributed by atoms with Crippen LogP contribution in [0.4, 0.5) is 4.79 Å². The summed E-state index contributed by atoms with van der Waals surface area (Å²) in [6.07, 6.45) is 4.41. The molecule has 48 heavy (non-hydrogen) atoms. The van der Waals surface area contributed by atoms with Crippen molar-refractivity contribution in [2.75, 3.05) is 41.1 Å². The second-order valence-corrected chi connectivity index (χ2v) is 13.1. The summed E-state index contributed by atoms with van der Waals surface area (Å²) < 4.78 is 21.9. The van der Waals surface area contributed by atoms with Gasteiger partial charge in [-0.1, -0.05) is 12.1 Å². The smallest absolute Gasteiger partial charge is 0.410 e. The number of esters is 1. The fourth-order valence-electron chi connectivity index (χ4n) is 6.51. The Morgan fingerprint density at radius 2 is 1.83 bits per heavy atom. The molecule has 0 spiro atoms. The number of aliphatic hydroxyl groups is 1. The minimum atomic E-state index is -1.49. The Labute approximate surface area is 281 Å². The average molecular weight is 660 g/mol. The van der Waals surface area contributed by atoms with Crippen LogP contribution in [0.15, 0.2) is 54.1 Å². The van der Waals surface area contributed by atoms with E-state index in [2.05, 4.69) is 4.98 Å². The summed E-state index contributed by atoms with van der Waals surface area (Å²) in [6.45, 7) is 7.89. The Hall–Kier alpha value is -4.77. The van der Waals surface area contributed by atoms with E-state index in [1.54, 1.807) is 41.2 Å². The number of hydrogen-bond donors (Lipinski definition) is 2. The third kappa shape index (κ3) is 6.64. The van der Waals surface area contributed by atoms with Gasteiger partial charge in [0.05, 0.1) is 27.0 Å². The van der Waals surface area contributed by atoms with Crippen LogP contribution in [-0.2, 0) is 38.3 Å². The van der Waals surface area contributed by atoms with E-state index in [9.17, 15) is 19.5 Å². The second-order valence-electron chi connectivity index (χ2n) is 13.1. The lowest BCUT2D eigenvalue weighted by Gasteiger charge is -2.44. The van der Waals surface area contributed by atoms with E-state index < -0.39 is 23.8 Å². The van der Waals surface area contributed by atoms with Crippen LogP contribution in [0.1, 0.15) is 56.5 Å². The number of likely N-dealkylation sites (N-methyl/N-ethyl adjacent to an activating group) is 1. The van der Waals surface area contributed by atoms with Gasteiger partial charge in [0, 0.05) is 66.2 Å². The van der Waals surface area contributed by atoms with Crippen LogP contribution in [0.25, 0.3) is 16.6 Å². The Kier molecular flexibility index (Phi) is 9.91. The maximum Gasteiger partial charge on any atom is 0.410 e. The fraction of sp³-hybridized carbons (Fsp3) is 0.432. The molecule has 1 aliphatic carbocycles. The number of nitrogens with one attached hydrogen (secondary N) is 1. The highest BCUT2D eigenvalue weighted by atomic mass is 16.6. The number of Topliss-reactive ketones (excluding diaryl/α,β-unsaturated/α-hetero) is 1. The molecule has 1 aromatic heterocycles. The van der Waals surface area contributed by atoms with Gasteiger partial charge in [-0.3, -0.25) is 4.79 Å². The quantitative estimate of drug-likeness (QED) is 0.283. The van der Waals surface area contributed by atoms with Crippen molar-refractivity contribution in [3.05, 3.63) is 76.5 Å². The Bertz CT molecular complexity index is 1780. The molecule has 1 amide bonds. The summed E-state index contributed by atoms with van der Waals surface area (Å²) in [6, 6.07) is 11.4. The number of benzene rings is 2. The number of fused-ring (bicyclic) bond motifs is 3. The molecule has 0 bridgehead atoms. The highest BCUT2D eigenvalue weighted by Crippen LogP contribution is 2.43. The Balaban J connectivity index is 1.55. The fourth-order valence-corrected chi connectivity index (χ4v) is 6.51. The largest absolute Gasteiger partial charge is 0.497 e. The van der Waals surface area contributed by atoms with Gasteiger partial charge in [-0.15, -0.1) is 0 Å². The highest BCUT2D eigenvalue weighted by Gasteiger charge is 2.48. The number of ether oxygens (including phenoxy) is 4. The summed E-state index contributed by atoms with van der Waals surface area (Å²) >= 11 is 0. The molecule has 11 nitrogen and oxygen atoms in total. The molecule has 2 heterocycles. The van der Waals surface area contributed by atoms with Gasteiger partial charge in [-0.25, -0.2) is 9.59 Å². The van der Waals surface area contributed by atoms with Crippen molar-refractivity contribution in [2.45, 2.75) is 64.5 Å². The number of aryl methyl sites for hydroxylation is 1. The van der Waals surface area contributed by atoms with Gasteiger partial charge in [0.25, 0.3) is 0 Å². The summed E-state index contributed by atoms with van der Waals surface area (Å²) in [4.78, 5) is 46.8. The van der Waals surface area contributed by atoms with Crippen molar-refractivity contribution in [2.24, 2.45) is 0 Å². The van der Waals surface area contributed by atoms with E-state index >= 15 is 0 Å². The number of methoxy groups -OCH3 is 3. The van der Waals surface area contributed by atoms with E-state index in [0.29, 0.717) is 54.3 Å². The standard InChI is InChI=1S/C37H45N3O8/c1-8-39(35(44)48-36(2,3)4)16-14-26-17-25-18-29-23(19-30(25)38-26)10-12-31(42)28-13-15-37(34(43)47-7,40(22-41)33(28)29)21-24-9-11-27(45-5)20-32(24)46-6/h9,11,13,15,17-20,38,41H,8,10,12,14,16,21-22H2,1-7H3. The van der Waals surface area contributed by atoms with Gasteiger partial charge in [0.15, 0.2) is 11.3 Å². The van der Waals surface area contributed by atoms with Crippen LogP contribution < -0.4 is 9.47 Å². The first kappa shape index (κ1) is 34.6. The predicted molar refractivity (Wildman–Crippen MR) is 182 cm³/mol. The van der Waals surface area contributed by atoms with Gasteiger partial charge in [0.2, 0.25) is 0 Å². The van der Waals surface area contributed by atoms with E-state index in [0.717, 1.165) is 27.7 Å². The van der Waals surface area contributed by atoms with Gasteiger partial charge in [-0.05, 0) is 75.6 Å². The first-order chi connectivity index (χ1) is 22.9. The number of allylic oxidation sites excluding steroid dienone is 2. The summed E-state index contributed by atoms with van der Waals surface area (Å²) in [5.41, 5.74) is 3.02. The lowest BCUT2D eigenvalue weighted by molar-refractivity contribution is -0.152. The molecule has 11 heteroatoms. The number of carbonyl (C=O) groups excluding carboxylic acids is 3. The zero-order chi connectivity index (χ0) is 34.8. The number of H-pyrrole nitrogens is 1. The topological polar surface area (TPSA) is 131 Å². The normalized spacial score (nSPS) is 17.5. The molecule has 0 saturated heterocycles. The van der Waals surface area contributed by atoms with Gasteiger partial charge >= 0.3 is 12.1 Å². The number of hydrogen-bond acceptors (Lipinski definition) is 9. The van der Waals surface area contributed by atoms with Crippen LogP contribution >= 0.6 is 0 Å². The molecule has 256 valence electrons. The molecule has 0 saturated carbocycles. The number of aromatic nitrogens is 1. The molecule has 5 rings (SSSR count). The number of aliphatic hydroxyl groups excluding tert-OH is 1. The molecule has 1 aliphatic heterocycles. The third-order valence-electron chi connectivity index (χ3n) is 8.93.